The number of fused-ring (bicyclic) bond motifs is 2. The Morgan fingerprint density at radius 3 is 2.94 bits per heavy atom. The van der Waals surface area contributed by atoms with Gasteiger partial charge in [0.25, 0.3) is 5.91 Å². The molecule has 1 aliphatic rings. The van der Waals surface area contributed by atoms with Crippen molar-refractivity contribution in [1.29, 1.82) is 0 Å². The Bertz CT molecular complexity index is 1480. The van der Waals surface area contributed by atoms with Crippen molar-refractivity contribution in [3.05, 3.63) is 89.1 Å². The summed E-state index contributed by atoms with van der Waals surface area (Å²) in [6.07, 6.45) is 14.3. The van der Waals surface area contributed by atoms with Crippen LogP contribution < -0.4 is 5.32 Å². The van der Waals surface area contributed by atoms with Gasteiger partial charge in [-0.05, 0) is 42.5 Å². The molecule has 1 N–H and O–H groups in total. The Morgan fingerprint density at radius 2 is 2.06 bits per heavy atom. The summed E-state index contributed by atoms with van der Waals surface area (Å²) < 4.78 is 5.73. The normalized spacial score (nSPS) is 13.7. The molecule has 0 unspecified atom stereocenters. The standard InChI is InChI=1S/C24H22ClN7O/c25-19-6-8-30-15-27-21(22(30)9-19)5-7-26-24(33)18-10-28-32(12-18)14-20-13-31-11-17(16-1-2-16)3-4-23(31)29-20/h3-4,6,8-13,15-16H,1-2,5,7,14H2,(H,26,33). The molecule has 5 heterocycles. The van der Waals surface area contributed by atoms with Crippen LogP contribution in [-0.4, -0.2) is 41.0 Å². The zero-order chi connectivity index (χ0) is 22.4. The van der Waals surface area contributed by atoms with Crippen molar-refractivity contribution in [2.45, 2.75) is 31.7 Å². The number of carbonyl (C=O) groups excluding carboxylic acids is 1. The van der Waals surface area contributed by atoms with Crippen molar-refractivity contribution in [3.8, 4) is 0 Å². The van der Waals surface area contributed by atoms with Crippen LogP contribution in [0.2, 0.25) is 5.02 Å². The molecule has 5 aromatic rings. The average Bonchev–Trinajstić information content (AvgIpc) is 3.23. The van der Waals surface area contributed by atoms with Crippen molar-refractivity contribution in [2.75, 3.05) is 6.54 Å². The Hall–Kier alpha value is -3.65. The molecule has 1 aliphatic carbocycles. The van der Waals surface area contributed by atoms with Gasteiger partial charge in [0.2, 0.25) is 0 Å². The fraction of sp³-hybridized carbons (Fsp3) is 0.250. The van der Waals surface area contributed by atoms with Crippen LogP contribution in [0, 0.1) is 0 Å². The molecule has 0 aliphatic heterocycles. The molecule has 0 aromatic carbocycles. The first kappa shape index (κ1) is 20.0. The molecule has 0 atom stereocenters. The van der Waals surface area contributed by atoms with Gasteiger partial charge in [0.1, 0.15) is 5.65 Å². The second-order valence-corrected chi connectivity index (χ2v) is 8.93. The van der Waals surface area contributed by atoms with E-state index in [9.17, 15) is 4.79 Å². The molecular weight excluding hydrogens is 438 g/mol. The molecule has 0 spiro atoms. The van der Waals surface area contributed by atoms with Gasteiger partial charge in [-0.2, -0.15) is 5.10 Å². The second-order valence-electron chi connectivity index (χ2n) is 8.50. The molecule has 5 aromatic heterocycles. The number of carbonyl (C=O) groups is 1. The Morgan fingerprint density at radius 1 is 1.15 bits per heavy atom. The third-order valence-electron chi connectivity index (χ3n) is 6.02. The minimum absolute atomic E-state index is 0.160. The van der Waals surface area contributed by atoms with Crippen LogP contribution >= 0.6 is 11.6 Å². The Balaban J connectivity index is 1.08. The summed E-state index contributed by atoms with van der Waals surface area (Å²) >= 11 is 6.09. The molecule has 8 nitrogen and oxygen atoms in total. The number of nitrogens with one attached hydrogen (secondary N) is 1. The molecule has 9 heteroatoms. The van der Waals surface area contributed by atoms with Crippen molar-refractivity contribution in [2.24, 2.45) is 0 Å². The third-order valence-corrected chi connectivity index (χ3v) is 6.26. The van der Waals surface area contributed by atoms with Crippen LogP contribution in [0.5, 0.6) is 0 Å². The number of hydrogen-bond donors (Lipinski definition) is 1. The minimum atomic E-state index is -0.160. The van der Waals surface area contributed by atoms with E-state index in [0.29, 0.717) is 36.0 Å². The van der Waals surface area contributed by atoms with Gasteiger partial charge in [-0.3, -0.25) is 9.48 Å². The number of halogens is 1. The number of pyridine rings is 2. The fourth-order valence-corrected chi connectivity index (χ4v) is 4.29. The monoisotopic (exact) mass is 459 g/mol. The average molecular weight is 460 g/mol. The first-order chi connectivity index (χ1) is 16.1. The van der Waals surface area contributed by atoms with Crippen LogP contribution in [0.3, 0.4) is 0 Å². The summed E-state index contributed by atoms with van der Waals surface area (Å²) in [6, 6.07) is 7.93. The van der Waals surface area contributed by atoms with Gasteiger partial charge < -0.3 is 14.1 Å². The topological polar surface area (TPSA) is 81.5 Å². The summed E-state index contributed by atoms with van der Waals surface area (Å²) in [4.78, 5) is 21.7. The molecule has 1 fully saturated rings. The first-order valence-corrected chi connectivity index (χ1v) is 11.4. The molecule has 0 bridgehead atoms. The minimum Gasteiger partial charge on any atom is -0.352 e. The third kappa shape index (κ3) is 4.09. The highest BCUT2D eigenvalue weighted by Gasteiger charge is 2.23. The van der Waals surface area contributed by atoms with Crippen LogP contribution in [0.15, 0.2) is 61.6 Å². The molecule has 1 saturated carbocycles. The van der Waals surface area contributed by atoms with Gasteiger partial charge in [-0.25, -0.2) is 9.97 Å². The lowest BCUT2D eigenvalue weighted by Gasteiger charge is -2.03. The van der Waals surface area contributed by atoms with E-state index in [-0.39, 0.29) is 5.91 Å². The van der Waals surface area contributed by atoms with E-state index in [0.717, 1.165) is 22.6 Å². The Labute approximate surface area is 194 Å². The van der Waals surface area contributed by atoms with Crippen molar-refractivity contribution in [3.63, 3.8) is 0 Å². The lowest BCUT2D eigenvalue weighted by atomic mass is 10.2. The summed E-state index contributed by atoms with van der Waals surface area (Å²) in [5.41, 5.74) is 5.56. The van der Waals surface area contributed by atoms with E-state index in [1.807, 2.05) is 28.9 Å². The summed E-state index contributed by atoms with van der Waals surface area (Å²) in [5.74, 6) is 0.546. The van der Waals surface area contributed by atoms with E-state index in [1.165, 1.54) is 18.4 Å². The van der Waals surface area contributed by atoms with Crippen LogP contribution in [0.1, 0.15) is 46.1 Å². The fourth-order valence-electron chi connectivity index (χ4n) is 4.13. The van der Waals surface area contributed by atoms with E-state index in [2.05, 4.69) is 43.1 Å². The smallest absolute Gasteiger partial charge is 0.254 e. The number of rotatable bonds is 7. The van der Waals surface area contributed by atoms with Crippen LogP contribution in [0.4, 0.5) is 0 Å². The molecule has 6 rings (SSSR count). The number of imidazole rings is 2. The molecule has 1 amide bonds. The predicted octanol–water partition coefficient (Wildman–Crippen LogP) is 3.73. The highest BCUT2D eigenvalue weighted by molar-refractivity contribution is 6.30. The van der Waals surface area contributed by atoms with E-state index in [4.69, 9.17) is 11.6 Å². The maximum atomic E-state index is 12.6. The van der Waals surface area contributed by atoms with Gasteiger partial charge in [-0.15, -0.1) is 0 Å². The first-order valence-electron chi connectivity index (χ1n) is 11.0. The van der Waals surface area contributed by atoms with Gasteiger partial charge in [0, 0.05) is 42.8 Å². The maximum absolute atomic E-state index is 12.6. The number of hydrogen-bond acceptors (Lipinski definition) is 4. The molecule has 33 heavy (non-hydrogen) atoms. The predicted molar refractivity (Wildman–Crippen MR) is 125 cm³/mol. The molecule has 166 valence electrons. The zero-order valence-electron chi connectivity index (χ0n) is 17.9. The van der Waals surface area contributed by atoms with Gasteiger partial charge in [-0.1, -0.05) is 17.7 Å². The zero-order valence-corrected chi connectivity index (χ0v) is 18.6. The summed E-state index contributed by atoms with van der Waals surface area (Å²) in [5, 5.41) is 7.95. The molecular formula is C24H22ClN7O. The van der Waals surface area contributed by atoms with Gasteiger partial charge in [0.05, 0.1) is 41.5 Å². The molecule has 0 saturated heterocycles. The van der Waals surface area contributed by atoms with Crippen molar-refractivity contribution in [1.82, 2.24) is 33.9 Å². The van der Waals surface area contributed by atoms with Gasteiger partial charge in [0.15, 0.2) is 0 Å². The highest BCUT2D eigenvalue weighted by Crippen LogP contribution is 2.39. The highest BCUT2D eigenvalue weighted by atomic mass is 35.5. The number of nitrogens with zero attached hydrogens (tertiary/aromatic N) is 6. The summed E-state index contributed by atoms with van der Waals surface area (Å²) in [7, 11) is 0. The molecule has 0 radical (unpaired) electrons. The van der Waals surface area contributed by atoms with E-state index < -0.39 is 0 Å². The summed E-state index contributed by atoms with van der Waals surface area (Å²) in [6.45, 7) is 0.980. The Kier molecular flexibility index (Phi) is 4.87. The van der Waals surface area contributed by atoms with Crippen molar-refractivity contribution >= 4 is 28.7 Å². The number of aromatic nitrogens is 6. The lowest BCUT2D eigenvalue weighted by Crippen LogP contribution is -2.25. The van der Waals surface area contributed by atoms with Gasteiger partial charge >= 0.3 is 0 Å². The maximum Gasteiger partial charge on any atom is 0.254 e. The lowest BCUT2D eigenvalue weighted by molar-refractivity contribution is 0.0954. The SMILES string of the molecule is O=C(NCCc1ncn2ccc(Cl)cc12)c1cnn(Cc2cn3cc(C4CC4)ccc3n2)c1. The largest absolute Gasteiger partial charge is 0.352 e. The van der Waals surface area contributed by atoms with Crippen LogP contribution in [0.25, 0.3) is 11.2 Å². The quantitative estimate of drug-likeness (QED) is 0.402. The van der Waals surface area contributed by atoms with Crippen molar-refractivity contribution < 1.29 is 4.79 Å². The van der Waals surface area contributed by atoms with E-state index >= 15 is 0 Å². The van der Waals surface area contributed by atoms with E-state index in [1.54, 1.807) is 23.4 Å². The second kappa shape index (κ2) is 8.04. The van der Waals surface area contributed by atoms with Crippen LogP contribution in [-0.2, 0) is 13.0 Å². The number of amides is 1.